The molecule has 0 bridgehead atoms. The van der Waals surface area contributed by atoms with E-state index >= 15 is 0 Å². The Morgan fingerprint density at radius 2 is 1.92 bits per heavy atom. The Labute approximate surface area is 72.8 Å². The molecule has 0 aromatic carbocycles. The van der Waals surface area contributed by atoms with Gasteiger partial charge in [-0.05, 0) is 0 Å². The third kappa shape index (κ3) is 1.52. The first-order valence-electron chi connectivity index (χ1n) is 3.53. The molecule has 7 heteroatoms. The maximum absolute atomic E-state index is 10.4. The number of carboxylic acids is 1. The van der Waals surface area contributed by atoms with E-state index in [2.05, 4.69) is 4.74 Å². The van der Waals surface area contributed by atoms with Crippen molar-refractivity contribution in [2.75, 3.05) is 6.61 Å². The zero-order chi connectivity index (χ0) is 10.2. The Hall–Kier alpha value is -0.730. The fourth-order valence-corrected chi connectivity index (χ4v) is 1.03. The van der Waals surface area contributed by atoms with Gasteiger partial charge in [-0.1, -0.05) is 0 Å². The highest BCUT2D eigenvalue weighted by Crippen LogP contribution is 2.23. The van der Waals surface area contributed by atoms with Gasteiger partial charge in [-0.15, -0.1) is 0 Å². The summed E-state index contributed by atoms with van der Waals surface area (Å²) < 4.78 is 4.32. The second-order valence-electron chi connectivity index (χ2n) is 2.82. The molecule has 7 nitrogen and oxygen atoms in total. The number of hydrogen-bond donors (Lipinski definition) is 5. The van der Waals surface area contributed by atoms with Crippen molar-refractivity contribution >= 4 is 5.97 Å². The molecule has 76 valence electrons. The lowest BCUT2D eigenvalue weighted by Crippen LogP contribution is -2.64. The van der Waals surface area contributed by atoms with Crippen LogP contribution in [0, 0.1) is 0 Å². The molecule has 0 aromatic heterocycles. The van der Waals surface area contributed by atoms with Gasteiger partial charge in [0.25, 0.3) is 5.79 Å². The highest BCUT2D eigenvalue weighted by Gasteiger charge is 2.54. The Kier molecular flexibility index (Phi) is 2.55. The summed E-state index contributed by atoms with van der Waals surface area (Å²) in [4.78, 5) is 10.4. The van der Waals surface area contributed by atoms with Crippen molar-refractivity contribution in [2.45, 2.75) is 24.1 Å². The van der Waals surface area contributed by atoms with E-state index in [-0.39, 0.29) is 0 Å². The van der Waals surface area contributed by atoms with Gasteiger partial charge in [0, 0.05) is 0 Å². The molecule has 0 radical (unpaired) electrons. The summed E-state index contributed by atoms with van der Waals surface area (Å²) in [6.45, 7) is -0.555. The zero-order valence-corrected chi connectivity index (χ0v) is 6.49. The van der Waals surface area contributed by atoms with Crippen molar-refractivity contribution in [3.8, 4) is 0 Å². The Balaban J connectivity index is 2.85. The maximum Gasteiger partial charge on any atom is 0.367 e. The molecule has 0 saturated carbocycles. The summed E-state index contributed by atoms with van der Waals surface area (Å²) in [5, 5.41) is 44.6. The minimum absolute atomic E-state index is 0.555. The highest BCUT2D eigenvalue weighted by atomic mass is 16.7. The van der Waals surface area contributed by atoms with Gasteiger partial charge < -0.3 is 30.3 Å². The lowest BCUT2D eigenvalue weighted by atomic mass is 9.97. The number of aliphatic carboxylic acids is 1. The Bertz CT molecular complexity index is 217. The van der Waals surface area contributed by atoms with E-state index in [4.69, 9.17) is 25.5 Å². The van der Waals surface area contributed by atoms with E-state index in [1.54, 1.807) is 0 Å². The molecule has 13 heavy (non-hydrogen) atoms. The molecule has 0 spiro atoms. The largest absolute Gasteiger partial charge is 0.477 e. The van der Waals surface area contributed by atoms with Crippen molar-refractivity contribution in [1.82, 2.24) is 0 Å². The summed E-state index contributed by atoms with van der Waals surface area (Å²) in [7, 11) is 0. The van der Waals surface area contributed by atoms with Crippen molar-refractivity contribution in [3.63, 3.8) is 0 Å². The fraction of sp³-hybridized carbons (Fsp3) is 0.833. The summed E-state index contributed by atoms with van der Waals surface area (Å²) in [6.07, 6.45) is -5.22. The fourth-order valence-electron chi connectivity index (χ4n) is 1.03. The number of hydrogen-bond acceptors (Lipinski definition) is 6. The maximum atomic E-state index is 10.4. The first-order chi connectivity index (χ1) is 5.89. The molecule has 1 saturated heterocycles. The van der Waals surface area contributed by atoms with Crippen LogP contribution < -0.4 is 0 Å². The summed E-state index contributed by atoms with van der Waals surface area (Å²) in [6, 6.07) is 0. The van der Waals surface area contributed by atoms with E-state index in [0.29, 0.717) is 0 Å². The predicted octanol–water partition coefficient (Wildman–Crippen LogP) is -3.13. The molecule has 5 N–H and O–H groups in total. The van der Waals surface area contributed by atoms with E-state index in [1.807, 2.05) is 0 Å². The smallest absolute Gasteiger partial charge is 0.367 e. The van der Waals surface area contributed by atoms with Gasteiger partial charge in [0.15, 0.2) is 0 Å². The molecule has 4 atom stereocenters. The number of carboxylic acid groups (broad SMARTS) is 1. The standard InChI is InChI=1S/C6H10O7/c7-2-1-13-6(12,5(10)11)4(9)3(2)8/h2-4,7-9,12H,1H2,(H,10,11)/t2-,3+,4-,6-/m1/s1. The van der Waals surface area contributed by atoms with Crippen LogP contribution in [-0.2, 0) is 9.53 Å². The lowest BCUT2D eigenvalue weighted by Gasteiger charge is -2.38. The molecule has 1 rings (SSSR count). The van der Waals surface area contributed by atoms with E-state index in [0.717, 1.165) is 0 Å². The number of carbonyl (C=O) groups is 1. The van der Waals surface area contributed by atoms with Crippen LogP contribution in [0.15, 0.2) is 0 Å². The van der Waals surface area contributed by atoms with Crippen LogP contribution in [0.4, 0.5) is 0 Å². The third-order valence-corrected chi connectivity index (χ3v) is 1.90. The van der Waals surface area contributed by atoms with Gasteiger partial charge in [0.2, 0.25) is 0 Å². The normalized spacial score (nSPS) is 46.0. The molecule has 0 unspecified atom stereocenters. The Morgan fingerprint density at radius 3 is 2.38 bits per heavy atom. The average Bonchev–Trinajstić information content (AvgIpc) is 2.08. The van der Waals surface area contributed by atoms with Crippen LogP contribution in [0.25, 0.3) is 0 Å². The molecule has 0 amide bonds. The van der Waals surface area contributed by atoms with Gasteiger partial charge in [-0.25, -0.2) is 4.79 Å². The lowest BCUT2D eigenvalue weighted by molar-refractivity contribution is -0.311. The molecule has 1 heterocycles. The highest BCUT2D eigenvalue weighted by molar-refractivity contribution is 5.76. The summed E-state index contributed by atoms with van der Waals surface area (Å²) in [5.41, 5.74) is 0. The zero-order valence-electron chi connectivity index (χ0n) is 6.49. The van der Waals surface area contributed by atoms with Gasteiger partial charge >= 0.3 is 5.97 Å². The second-order valence-corrected chi connectivity index (χ2v) is 2.82. The Morgan fingerprint density at radius 1 is 1.38 bits per heavy atom. The summed E-state index contributed by atoms with van der Waals surface area (Å²) in [5.74, 6) is -4.66. The van der Waals surface area contributed by atoms with Gasteiger partial charge in [0.1, 0.15) is 18.3 Å². The second kappa shape index (κ2) is 3.20. The monoisotopic (exact) mass is 194 g/mol. The van der Waals surface area contributed by atoms with Crippen LogP contribution in [0.5, 0.6) is 0 Å². The molecule has 1 fully saturated rings. The van der Waals surface area contributed by atoms with Gasteiger partial charge in [0.05, 0.1) is 6.61 Å². The van der Waals surface area contributed by atoms with Crippen LogP contribution in [0.1, 0.15) is 0 Å². The molecule has 1 aliphatic heterocycles. The van der Waals surface area contributed by atoms with Gasteiger partial charge in [-0.3, -0.25) is 0 Å². The van der Waals surface area contributed by atoms with Crippen LogP contribution in [0.3, 0.4) is 0 Å². The van der Waals surface area contributed by atoms with Crippen LogP contribution >= 0.6 is 0 Å². The van der Waals surface area contributed by atoms with E-state index < -0.39 is 36.7 Å². The van der Waals surface area contributed by atoms with Gasteiger partial charge in [-0.2, -0.15) is 0 Å². The first-order valence-corrected chi connectivity index (χ1v) is 3.53. The molecular formula is C6H10O7. The number of aliphatic hydroxyl groups is 4. The van der Waals surface area contributed by atoms with E-state index in [9.17, 15) is 4.79 Å². The molecular weight excluding hydrogens is 184 g/mol. The summed E-state index contributed by atoms with van der Waals surface area (Å²) >= 11 is 0. The first kappa shape index (κ1) is 10.4. The van der Waals surface area contributed by atoms with Crippen molar-refractivity contribution in [2.24, 2.45) is 0 Å². The molecule has 0 aliphatic carbocycles. The molecule has 1 aliphatic rings. The van der Waals surface area contributed by atoms with Crippen LogP contribution in [0.2, 0.25) is 0 Å². The minimum Gasteiger partial charge on any atom is -0.477 e. The number of rotatable bonds is 1. The SMILES string of the molecule is O=C(O)[C@]1(O)OC[C@@H](O)[C@H](O)[C@H]1O. The quantitative estimate of drug-likeness (QED) is 0.298. The average molecular weight is 194 g/mol. The minimum atomic E-state index is -2.85. The third-order valence-electron chi connectivity index (χ3n) is 1.90. The predicted molar refractivity (Wildman–Crippen MR) is 36.6 cm³/mol. The number of aliphatic hydroxyl groups excluding tert-OH is 3. The van der Waals surface area contributed by atoms with Crippen molar-refractivity contribution in [1.29, 1.82) is 0 Å². The molecule has 0 aromatic rings. The number of ether oxygens (including phenoxy) is 1. The van der Waals surface area contributed by atoms with Crippen molar-refractivity contribution < 1.29 is 35.1 Å². The topological polar surface area (TPSA) is 127 Å². The van der Waals surface area contributed by atoms with E-state index in [1.165, 1.54) is 0 Å². The van der Waals surface area contributed by atoms with Crippen molar-refractivity contribution in [3.05, 3.63) is 0 Å². The van der Waals surface area contributed by atoms with Crippen LogP contribution in [-0.4, -0.2) is 62.2 Å².